The highest BCUT2D eigenvalue weighted by molar-refractivity contribution is 5.27. The highest BCUT2D eigenvalue weighted by Gasteiger charge is 2.30. The standard InChI is InChI=1S/C14H20O/c1-3-12-6-8-13(9-7-12)15-14(2)10-4-5-11-14/h6-9H,3-5,10-11H2,1-2H3. The van der Waals surface area contributed by atoms with Crippen LogP contribution >= 0.6 is 0 Å². The van der Waals surface area contributed by atoms with Gasteiger partial charge in [0.05, 0.1) is 0 Å². The first-order valence-electron chi connectivity index (χ1n) is 6.00. The van der Waals surface area contributed by atoms with Gasteiger partial charge in [-0.1, -0.05) is 19.1 Å². The molecule has 0 spiro atoms. The van der Waals surface area contributed by atoms with Gasteiger partial charge in [0.25, 0.3) is 0 Å². The van der Waals surface area contributed by atoms with Gasteiger partial charge in [-0.3, -0.25) is 0 Å². The van der Waals surface area contributed by atoms with Gasteiger partial charge >= 0.3 is 0 Å². The normalized spacial score (nSPS) is 19.1. The Bertz CT molecular complexity index is 307. The van der Waals surface area contributed by atoms with E-state index in [0.717, 1.165) is 12.2 Å². The Hall–Kier alpha value is -0.980. The van der Waals surface area contributed by atoms with E-state index in [1.807, 2.05) is 0 Å². The van der Waals surface area contributed by atoms with E-state index in [1.165, 1.54) is 31.2 Å². The lowest BCUT2D eigenvalue weighted by Gasteiger charge is -2.25. The van der Waals surface area contributed by atoms with Crippen LogP contribution in [0.5, 0.6) is 5.75 Å². The average Bonchev–Trinajstić information content (AvgIpc) is 2.66. The zero-order valence-electron chi connectivity index (χ0n) is 9.75. The first kappa shape index (κ1) is 10.5. The van der Waals surface area contributed by atoms with Gasteiger partial charge in [0.15, 0.2) is 0 Å². The van der Waals surface area contributed by atoms with Crippen molar-refractivity contribution in [2.75, 3.05) is 0 Å². The molecule has 1 heteroatoms. The van der Waals surface area contributed by atoms with E-state index in [0.29, 0.717) is 0 Å². The third-order valence-electron chi connectivity index (χ3n) is 3.36. The van der Waals surface area contributed by atoms with Crippen molar-refractivity contribution in [3.63, 3.8) is 0 Å². The molecule has 0 aliphatic heterocycles. The molecule has 2 rings (SSSR count). The van der Waals surface area contributed by atoms with Crippen LogP contribution in [0.1, 0.15) is 45.1 Å². The minimum Gasteiger partial charge on any atom is -0.488 e. The molecule has 82 valence electrons. The van der Waals surface area contributed by atoms with Crippen molar-refractivity contribution in [2.45, 2.75) is 51.6 Å². The Balaban J connectivity index is 2.04. The summed E-state index contributed by atoms with van der Waals surface area (Å²) in [5, 5.41) is 0. The van der Waals surface area contributed by atoms with Crippen molar-refractivity contribution in [3.05, 3.63) is 29.8 Å². The molecule has 1 aliphatic carbocycles. The second kappa shape index (κ2) is 4.26. The van der Waals surface area contributed by atoms with Gasteiger partial charge in [-0.05, 0) is 56.7 Å². The van der Waals surface area contributed by atoms with Crippen LogP contribution in [0.3, 0.4) is 0 Å². The van der Waals surface area contributed by atoms with Crippen LogP contribution in [-0.2, 0) is 6.42 Å². The minimum atomic E-state index is 0.0910. The fourth-order valence-corrected chi connectivity index (χ4v) is 2.30. The van der Waals surface area contributed by atoms with Crippen molar-refractivity contribution in [1.29, 1.82) is 0 Å². The number of hydrogen-bond acceptors (Lipinski definition) is 1. The molecule has 0 radical (unpaired) electrons. The van der Waals surface area contributed by atoms with E-state index in [1.54, 1.807) is 0 Å². The number of rotatable bonds is 3. The lowest BCUT2D eigenvalue weighted by atomic mass is 10.1. The van der Waals surface area contributed by atoms with Gasteiger partial charge in [0, 0.05) is 0 Å². The topological polar surface area (TPSA) is 9.23 Å². The van der Waals surface area contributed by atoms with Crippen LogP contribution in [0, 0.1) is 0 Å². The van der Waals surface area contributed by atoms with Gasteiger partial charge in [0.1, 0.15) is 11.4 Å². The monoisotopic (exact) mass is 204 g/mol. The SMILES string of the molecule is CCc1ccc(OC2(C)CCCC2)cc1. The number of ether oxygens (including phenoxy) is 1. The zero-order valence-corrected chi connectivity index (χ0v) is 9.75. The van der Waals surface area contributed by atoms with Crippen molar-refractivity contribution in [2.24, 2.45) is 0 Å². The van der Waals surface area contributed by atoms with Crippen LogP contribution < -0.4 is 4.74 Å². The summed E-state index contributed by atoms with van der Waals surface area (Å²) in [5.74, 6) is 1.02. The van der Waals surface area contributed by atoms with Crippen molar-refractivity contribution in [3.8, 4) is 5.75 Å². The molecule has 0 heterocycles. The molecule has 1 saturated carbocycles. The third-order valence-corrected chi connectivity index (χ3v) is 3.36. The Labute approximate surface area is 92.5 Å². The predicted molar refractivity (Wildman–Crippen MR) is 63.3 cm³/mol. The first-order valence-corrected chi connectivity index (χ1v) is 6.00. The summed E-state index contributed by atoms with van der Waals surface area (Å²) in [6, 6.07) is 8.52. The number of benzene rings is 1. The lowest BCUT2D eigenvalue weighted by Crippen LogP contribution is -2.27. The molecule has 1 aliphatic rings. The smallest absolute Gasteiger partial charge is 0.120 e. The van der Waals surface area contributed by atoms with Crippen LogP contribution in [0.25, 0.3) is 0 Å². The average molecular weight is 204 g/mol. The molecular formula is C14H20O. The second-order valence-electron chi connectivity index (χ2n) is 4.76. The molecule has 15 heavy (non-hydrogen) atoms. The Kier molecular flexibility index (Phi) is 2.99. The Morgan fingerprint density at radius 3 is 2.27 bits per heavy atom. The maximum atomic E-state index is 6.06. The molecule has 0 N–H and O–H groups in total. The Morgan fingerprint density at radius 1 is 1.13 bits per heavy atom. The van der Waals surface area contributed by atoms with Crippen molar-refractivity contribution < 1.29 is 4.74 Å². The van der Waals surface area contributed by atoms with E-state index < -0.39 is 0 Å². The molecule has 0 unspecified atom stereocenters. The number of hydrogen-bond donors (Lipinski definition) is 0. The van der Waals surface area contributed by atoms with Gasteiger partial charge in [0.2, 0.25) is 0 Å². The summed E-state index contributed by atoms with van der Waals surface area (Å²) in [5.41, 5.74) is 1.47. The maximum Gasteiger partial charge on any atom is 0.120 e. The second-order valence-corrected chi connectivity index (χ2v) is 4.76. The quantitative estimate of drug-likeness (QED) is 0.724. The fourth-order valence-electron chi connectivity index (χ4n) is 2.30. The highest BCUT2D eigenvalue weighted by Crippen LogP contribution is 2.33. The molecule has 0 amide bonds. The molecule has 1 fully saturated rings. The zero-order chi connectivity index (χ0) is 10.7. The van der Waals surface area contributed by atoms with Crippen molar-refractivity contribution in [1.82, 2.24) is 0 Å². The summed E-state index contributed by atoms with van der Waals surface area (Å²) in [7, 11) is 0. The maximum absolute atomic E-state index is 6.06. The highest BCUT2D eigenvalue weighted by atomic mass is 16.5. The molecule has 0 aromatic heterocycles. The van der Waals surface area contributed by atoms with E-state index >= 15 is 0 Å². The molecule has 1 nitrogen and oxygen atoms in total. The molecule has 0 atom stereocenters. The van der Waals surface area contributed by atoms with Gasteiger partial charge < -0.3 is 4.74 Å². The lowest BCUT2D eigenvalue weighted by molar-refractivity contribution is 0.0968. The molecule has 0 bridgehead atoms. The summed E-state index contributed by atoms with van der Waals surface area (Å²) in [6.45, 7) is 4.40. The van der Waals surface area contributed by atoms with E-state index in [2.05, 4.69) is 38.1 Å². The van der Waals surface area contributed by atoms with Gasteiger partial charge in [-0.15, -0.1) is 0 Å². The molecule has 1 aromatic carbocycles. The van der Waals surface area contributed by atoms with Gasteiger partial charge in [-0.2, -0.15) is 0 Å². The van der Waals surface area contributed by atoms with Gasteiger partial charge in [-0.25, -0.2) is 0 Å². The summed E-state index contributed by atoms with van der Waals surface area (Å²) < 4.78 is 6.06. The molecule has 1 aromatic rings. The van der Waals surface area contributed by atoms with Crippen LogP contribution in [0.2, 0.25) is 0 Å². The van der Waals surface area contributed by atoms with E-state index in [-0.39, 0.29) is 5.60 Å². The Morgan fingerprint density at radius 2 is 1.73 bits per heavy atom. The van der Waals surface area contributed by atoms with Crippen LogP contribution in [0.4, 0.5) is 0 Å². The van der Waals surface area contributed by atoms with Crippen molar-refractivity contribution >= 4 is 0 Å². The summed E-state index contributed by atoms with van der Waals surface area (Å²) in [6.07, 6.45) is 6.11. The van der Waals surface area contributed by atoms with Crippen LogP contribution in [-0.4, -0.2) is 5.60 Å². The summed E-state index contributed by atoms with van der Waals surface area (Å²) in [4.78, 5) is 0. The molecule has 0 saturated heterocycles. The number of aryl methyl sites for hydroxylation is 1. The minimum absolute atomic E-state index is 0.0910. The third kappa shape index (κ3) is 2.53. The molecular weight excluding hydrogens is 184 g/mol. The van der Waals surface area contributed by atoms with E-state index in [4.69, 9.17) is 4.74 Å². The largest absolute Gasteiger partial charge is 0.488 e. The van der Waals surface area contributed by atoms with E-state index in [9.17, 15) is 0 Å². The summed E-state index contributed by atoms with van der Waals surface area (Å²) >= 11 is 0. The fraction of sp³-hybridized carbons (Fsp3) is 0.571. The van der Waals surface area contributed by atoms with Crippen LogP contribution in [0.15, 0.2) is 24.3 Å². The predicted octanol–water partition coefficient (Wildman–Crippen LogP) is 3.96. The first-order chi connectivity index (χ1) is 7.22.